The van der Waals surface area contributed by atoms with Crippen LogP contribution < -0.4 is 16.6 Å². The fourth-order valence-electron chi connectivity index (χ4n) is 2.02. The van der Waals surface area contributed by atoms with E-state index in [4.69, 9.17) is 5.84 Å². The Kier molecular flexibility index (Phi) is 3.97. The monoisotopic (exact) mass is 257 g/mol. The molecular weight excluding hydrogens is 238 g/mol. The molecule has 0 aliphatic heterocycles. The van der Waals surface area contributed by atoms with Crippen LogP contribution in [0.15, 0.2) is 24.3 Å². The van der Waals surface area contributed by atoms with Gasteiger partial charge >= 0.3 is 0 Å². The van der Waals surface area contributed by atoms with E-state index in [1.54, 1.807) is 0 Å². The highest BCUT2D eigenvalue weighted by molar-refractivity contribution is 5.59. The number of hydrazine groups is 1. The lowest BCUT2D eigenvalue weighted by atomic mass is 10.1. The van der Waals surface area contributed by atoms with Gasteiger partial charge in [0.2, 0.25) is 5.95 Å². The Morgan fingerprint density at radius 2 is 1.95 bits per heavy atom. The lowest BCUT2D eigenvalue weighted by Gasteiger charge is -2.10. The van der Waals surface area contributed by atoms with Crippen LogP contribution in [0.2, 0.25) is 0 Å². The first-order valence-electron chi connectivity index (χ1n) is 6.31. The van der Waals surface area contributed by atoms with Crippen molar-refractivity contribution in [2.24, 2.45) is 5.84 Å². The van der Waals surface area contributed by atoms with Gasteiger partial charge in [0.1, 0.15) is 5.82 Å². The molecule has 0 aliphatic rings. The maximum Gasteiger partial charge on any atom is 0.239 e. The van der Waals surface area contributed by atoms with Crippen molar-refractivity contribution in [2.45, 2.75) is 27.2 Å². The molecule has 0 unspecified atom stereocenters. The molecule has 0 atom stereocenters. The number of nitrogens with zero attached hydrogens (tertiary/aromatic N) is 2. The molecule has 0 aliphatic carbocycles. The minimum Gasteiger partial charge on any atom is -0.340 e. The Morgan fingerprint density at radius 3 is 2.58 bits per heavy atom. The number of aromatic nitrogens is 2. The molecule has 0 saturated carbocycles. The van der Waals surface area contributed by atoms with E-state index in [2.05, 4.69) is 52.8 Å². The Balaban J connectivity index is 2.25. The third-order valence-electron chi connectivity index (χ3n) is 2.98. The number of hydrogen-bond donors (Lipinski definition) is 3. The summed E-state index contributed by atoms with van der Waals surface area (Å²) in [6.07, 6.45) is 1.04. The summed E-state index contributed by atoms with van der Waals surface area (Å²) in [5.41, 5.74) is 6.95. The molecule has 0 amide bonds. The average molecular weight is 257 g/mol. The van der Waals surface area contributed by atoms with Gasteiger partial charge in [-0.15, -0.1) is 0 Å². The number of nitrogens with two attached hydrogens (primary N) is 1. The Labute approximate surface area is 113 Å². The molecule has 0 saturated heterocycles. The number of rotatable bonds is 4. The van der Waals surface area contributed by atoms with Crippen LogP contribution in [-0.2, 0) is 6.42 Å². The topological polar surface area (TPSA) is 75.9 Å². The molecule has 2 rings (SSSR count). The van der Waals surface area contributed by atoms with Crippen molar-refractivity contribution in [3.8, 4) is 0 Å². The summed E-state index contributed by atoms with van der Waals surface area (Å²) in [7, 11) is 0. The van der Waals surface area contributed by atoms with Crippen molar-refractivity contribution < 1.29 is 0 Å². The van der Waals surface area contributed by atoms with Crippen LogP contribution in [0.5, 0.6) is 0 Å². The molecule has 4 N–H and O–H groups in total. The lowest BCUT2D eigenvalue weighted by molar-refractivity contribution is 1.07. The molecule has 5 nitrogen and oxygen atoms in total. The zero-order valence-corrected chi connectivity index (χ0v) is 11.5. The Hall–Kier alpha value is -2.14. The number of nitrogen functional groups attached to an aromatic ring is 1. The van der Waals surface area contributed by atoms with Gasteiger partial charge in [-0.25, -0.2) is 10.8 Å². The van der Waals surface area contributed by atoms with Crippen molar-refractivity contribution >= 4 is 17.5 Å². The molecule has 0 spiro atoms. The molecule has 1 heterocycles. The van der Waals surface area contributed by atoms with E-state index in [9.17, 15) is 0 Å². The number of anilines is 3. The molecule has 0 bridgehead atoms. The van der Waals surface area contributed by atoms with Crippen LogP contribution in [0.1, 0.15) is 23.7 Å². The van der Waals surface area contributed by atoms with Gasteiger partial charge in [-0.2, -0.15) is 4.98 Å². The van der Waals surface area contributed by atoms with Gasteiger partial charge in [0.25, 0.3) is 0 Å². The number of hydrogen-bond acceptors (Lipinski definition) is 5. The minimum absolute atomic E-state index is 0.407. The van der Waals surface area contributed by atoms with Crippen LogP contribution in [-0.4, -0.2) is 9.97 Å². The van der Waals surface area contributed by atoms with Crippen LogP contribution in [0.25, 0.3) is 0 Å². The van der Waals surface area contributed by atoms with E-state index in [0.717, 1.165) is 23.6 Å². The van der Waals surface area contributed by atoms with Gasteiger partial charge in [0, 0.05) is 17.4 Å². The number of benzene rings is 1. The van der Waals surface area contributed by atoms with Crippen LogP contribution in [0.4, 0.5) is 17.5 Å². The maximum atomic E-state index is 5.34. The van der Waals surface area contributed by atoms with E-state index < -0.39 is 0 Å². The zero-order valence-electron chi connectivity index (χ0n) is 11.5. The standard InChI is InChI=1S/C14H19N5/c1-4-11-5-6-12(7-9(11)2)17-13-8-10(3)16-14(18-13)19-15/h5-8H,4,15H2,1-3H3,(H2,16,17,18,19). The predicted octanol–water partition coefficient (Wildman–Crippen LogP) is 2.69. The highest BCUT2D eigenvalue weighted by Crippen LogP contribution is 2.20. The first-order chi connectivity index (χ1) is 9.12. The maximum absolute atomic E-state index is 5.34. The summed E-state index contributed by atoms with van der Waals surface area (Å²) >= 11 is 0. The van der Waals surface area contributed by atoms with Crippen LogP contribution in [0, 0.1) is 13.8 Å². The quantitative estimate of drug-likeness (QED) is 0.580. The average Bonchev–Trinajstić information content (AvgIpc) is 2.38. The lowest BCUT2D eigenvalue weighted by Crippen LogP contribution is -2.11. The van der Waals surface area contributed by atoms with E-state index in [1.807, 2.05) is 13.0 Å². The van der Waals surface area contributed by atoms with Gasteiger partial charge in [-0.1, -0.05) is 13.0 Å². The number of nitrogens with one attached hydrogen (secondary N) is 2. The first kappa shape index (κ1) is 13.3. The van der Waals surface area contributed by atoms with Gasteiger partial charge in [0.05, 0.1) is 0 Å². The van der Waals surface area contributed by atoms with Crippen molar-refractivity contribution in [3.05, 3.63) is 41.1 Å². The normalized spacial score (nSPS) is 10.3. The van der Waals surface area contributed by atoms with E-state index in [-0.39, 0.29) is 0 Å². The third kappa shape index (κ3) is 3.20. The van der Waals surface area contributed by atoms with Crippen LogP contribution in [0.3, 0.4) is 0 Å². The SMILES string of the molecule is CCc1ccc(Nc2cc(C)nc(NN)n2)cc1C. The van der Waals surface area contributed by atoms with E-state index in [1.165, 1.54) is 11.1 Å². The Morgan fingerprint density at radius 1 is 1.16 bits per heavy atom. The fraction of sp³-hybridized carbons (Fsp3) is 0.286. The smallest absolute Gasteiger partial charge is 0.239 e. The Bertz CT molecular complexity index is 580. The number of aryl methyl sites for hydroxylation is 3. The molecule has 19 heavy (non-hydrogen) atoms. The molecule has 0 radical (unpaired) electrons. The second-order valence-electron chi connectivity index (χ2n) is 4.48. The summed E-state index contributed by atoms with van der Waals surface area (Å²) < 4.78 is 0. The fourth-order valence-corrected chi connectivity index (χ4v) is 2.02. The molecule has 2 aromatic rings. The molecule has 0 fully saturated rings. The molecule has 1 aromatic heterocycles. The first-order valence-corrected chi connectivity index (χ1v) is 6.31. The second kappa shape index (κ2) is 5.67. The summed E-state index contributed by atoms with van der Waals surface area (Å²) in [6, 6.07) is 8.18. The molecular formula is C14H19N5. The van der Waals surface area contributed by atoms with Crippen molar-refractivity contribution in [1.82, 2.24) is 9.97 Å². The van der Waals surface area contributed by atoms with Gasteiger partial charge in [-0.3, -0.25) is 5.43 Å². The van der Waals surface area contributed by atoms with E-state index >= 15 is 0 Å². The minimum atomic E-state index is 0.407. The van der Waals surface area contributed by atoms with Gasteiger partial charge in [0.15, 0.2) is 0 Å². The predicted molar refractivity (Wildman–Crippen MR) is 78.4 cm³/mol. The highest BCUT2D eigenvalue weighted by atomic mass is 15.3. The summed E-state index contributed by atoms with van der Waals surface area (Å²) in [5, 5.41) is 3.26. The summed E-state index contributed by atoms with van der Waals surface area (Å²) in [4.78, 5) is 8.41. The van der Waals surface area contributed by atoms with E-state index in [0.29, 0.717) is 5.95 Å². The highest BCUT2D eigenvalue weighted by Gasteiger charge is 2.03. The molecule has 5 heteroatoms. The van der Waals surface area contributed by atoms with Crippen LogP contribution >= 0.6 is 0 Å². The van der Waals surface area contributed by atoms with Crippen molar-refractivity contribution in [3.63, 3.8) is 0 Å². The van der Waals surface area contributed by atoms with Crippen molar-refractivity contribution in [2.75, 3.05) is 10.7 Å². The zero-order chi connectivity index (χ0) is 13.8. The summed E-state index contributed by atoms with van der Waals surface area (Å²) in [6.45, 7) is 6.17. The third-order valence-corrected chi connectivity index (χ3v) is 2.98. The summed E-state index contributed by atoms with van der Waals surface area (Å²) in [5.74, 6) is 6.47. The van der Waals surface area contributed by atoms with Gasteiger partial charge in [-0.05, 0) is 43.5 Å². The van der Waals surface area contributed by atoms with Gasteiger partial charge < -0.3 is 5.32 Å². The van der Waals surface area contributed by atoms with Crippen molar-refractivity contribution in [1.29, 1.82) is 0 Å². The molecule has 1 aromatic carbocycles. The second-order valence-corrected chi connectivity index (χ2v) is 4.48. The largest absolute Gasteiger partial charge is 0.340 e. The molecule has 100 valence electrons.